The van der Waals surface area contributed by atoms with Gasteiger partial charge < -0.3 is 15.6 Å². The third-order valence-electron chi connectivity index (χ3n) is 5.74. The van der Waals surface area contributed by atoms with Gasteiger partial charge in [0.05, 0.1) is 22.5 Å². The maximum absolute atomic E-state index is 12.4. The monoisotopic (exact) mass is 403 g/mol. The number of rotatable bonds is 5. The fraction of sp³-hybridized carbons (Fsp3) is 0.364. The molecule has 30 heavy (non-hydrogen) atoms. The molecule has 2 atom stereocenters. The van der Waals surface area contributed by atoms with E-state index in [-0.39, 0.29) is 11.9 Å². The van der Waals surface area contributed by atoms with Gasteiger partial charge in [-0.15, -0.1) is 0 Å². The first kappa shape index (κ1) is 19.9. The first-order valence-corrected chi connectivity index (χ1v) is 10.1. The fourth-order valence-electron chi connectivity index (χ4n) is 4.05. The SMILES string of the molecule is CNC(=O)c1cnc2[nH]ccc2c1N[C@@H]1CCN(Cc2ccc(C#N)cn2)[C@H](C)C1. The van der Waals surface area contributed by atoms with Crippen molar-refractivity contribution in [3.05, 3.63) is 53.6 Å². The molecule has 1 fully saturated rings. The van der Waals surface area contributed by atoms with E-state index >= 15 is 0 Å². The van der Waals surface area contributed by atoms with Crippen molar-refractivity contribution in [2.75, 3.05) is 18.9 Å². The average molecular weight is 403 g/mol. The molecular weight excluding hydrogens is 378 g/mol. The van der Waals surface area contributed by atoms with Crippen LogP contribution in [0, 0.1) is 11.3 Å². The van der Waals surface area contributed by atoms with Crippen LogP contribution in [-0.4, -0.2) is 51.4 Å². The van der Waals surface area contributed by atoms with Gasteiger partial charge in [-0.25, -0.2) is 4.98 Å². The third-order valence-corrected chi connectivity index (χ3v) is 5.74. The molecule has 8 nitrogen and oxygen atoms in total. The summed E-state index contributed by atoms with van der Waals surface area (Å²) in [5.74, 6) is -0.148. The van der Waals surface area contributed by atoms with Gasteiger partial charge in [0, 0.05) is 56.2 Å². The molecule has 0 saturated carbocycles. The van der Waals surface area contributed by atoms with Crippen LogP contribution < -0.4 is 10.6 Å². The lowest BCUT2D eigenvalue weighted by Crippen LogP contribution is -2.44. The quantitative estimate of drug-likeness (QED) is 0.604. The van der Waals surface area contributed by atoms with E-state index in [0.717, 1.165) is 48.3 Å². The summed E-state index contributed by atoms with van der Waals surface area (Å²) in [6.07, 6.45) is 7.00. The van der Waals surface area contributed by atoms with Crippen LogP contribution in [0.15, 0.2) is 36.8 Å². The highest BCUT2D eigenvalue weighted by Gasteiger charge is 2.27. The molecule has 154 valence electrons. The van der Waals surface area contributed by atoms with Crippen LogP contribution in [0.25, 0.3) is 11.0 Å². The molecule has 3 aromatic heterocycles. The van der Waals surface area contributed by atoms with Crippen LogP contribution in [0.1, 0.15) is 41.4 Å². The van der Waals surface area contributed by atoms with E-state index in [1.807, 2.05) is 24.4 Å². The molecule has 3 N–H and O–H groups in total. The van der Waals surface area contributed by atoms with Crippen LogP contribution >= 0.6 is 0 Å². The molecule has 1 amide bonds. The van der Waals surface area contributed by atoms with E-state index < -0.39 is 0 Å². The second-order valence-corrected chi connectivity index (χ2v) is 7.70. The largest absolute Gasteiger partial charge is 0.381 e. The highest BCUT2D eigenvalue weighted by molar-refractivity contribution is 6.06. The minimum atomic E-state index is -0.148. The zero-order valence-electron chi connectivity index (χ0n) is 17.1. The van der Waals surface area contributed by atoms with Crippen LogP contribution in [-0.2, 0) is 6.54 Å². The van der Waals surface area contributed by atoms with Crippen molar-refractivity contribution < 1.29 is 4.79 Å². The summed E-state index contributed by atoms with van der Waals surface area (Å²) in [6.45, 7) is 3.91. The number of nitrogens with one attached hydrogen (secondary N) is 3. The molecule has 1 aliphatic heterocycles. The highest BCUT2D eigenvalue weighted by Crippen LogP contribution is 2.29. The molecule has 0 aliphatic carbocycles. The number of likely N-dealkylation sites (tertiary alicyclic amines) is 1. The zero-order chi connectivity index (χ0) is 21.1. The Morgan fingerprint density at radius 3 is 2.90 bits per heavy atom. The molecule has 0 aromatic carbocycles. The summed E-state index contributed by atoms with van der Waals surface area (Å²) < 4.78 is 0. The number of aromatic nitrogens is 3. The van der Waals surface area contributed by atoms with E-state index in [2.05, 4.69) is 43.5 Å². The van der Waals surface area contributed by atoms with Gasteiger partial charge in [-0.05, 0) is 38.0 Å². The molecule has 8 heteroatoms. The predicted octanol–water partition coefficient (Wildman–Crippen LogP) is 2.65. The molecule has 0 bridgehead atoms. The van der Waals surface area contributed by atoms with Gasteiger partial charge in [0.1, 0.15) is 11.7 Å². The second kappa shape index (κ2) is 8.51. The molecule has 1 saturated heterocycles. The number of aromatic amines is 1. The topological polar surface area (TPSA) is 110 Å². The smallest absolute Gasteiger partial charge is 0.254 e. The Morgan fingerprint density at radius 1 is 1.33 bits per heavy atom. The molecule has 0 spiro atoms. The minimum Gasteiger partial charge on any atom is -0.381 e. The second-order valence-electron chi connectivity index (χ2n) is 7.70. The number of pyridine rings is 2. The third kappa shape index (κ3) is 3.98. The maximum atomic E-state index is 12.4. The molecule has 0 unspecified atom stereocenters. The number of fused-ring (bicyclic) bond motifs is 1. The number of nitriles is 1. The molecule has 4 heterocycles. The van der Waals surface area contributed by atoms with Crippen LogP contribution in [0.2, 0.25) is 0 Å². The standard InChI is InChI=1S/C22H25N7O/c1-14-9-16(6-8-29(14)13-17-4-3-15(10-23)11-26-17)28-20-18-5-7-25-21(18)27-12-19(20)22(30)24-2/h3-5,7,11-12,14,16H,6,8-9,13H2,1-2H3,(H,24,30)(H2,25,27,28)/t14-,16-/m1/s1. The number of hydrogen-bond acceptors (Lipinski definition) is 6. The number of H-pyrrole nitrogens is 1. The fourth-order valence-corrected chi connectivity index (χ4v) is 4.05. The van der Waals surface area contributed by atoms with Crippen LogP contribution in [0.4, 0.5) is 5.69 Å². The Balaban J connectivity index is 1.47. The van der Waals surface area contributed by atoms with E-state index in [4.69, 9.17) is 5.26 Å². The van der Waals surface area contributed by atoms with Crippen molar-refractivity contribution in [2.24, 2.45) is 0 Å². The van der Waals surface area contributed by atoms with E-state index in [1.165, 1.54) is 0 Å². The van der Waals surface area contributed by atoms with Gasteiger partial charge in [0.15, 0.2) is 0 Å². The van der Waals surface area contributed by atoms with Gasteiger partial charge in [-0.3, -0.25) is 14.7 Å². The molecule has 0 radical (unpaired) electrons. The lowest BCUT2D eigenvalue weighted by Gasteiger charge is -2.38. The molecule has 4 rings (SSSR count). The van der Waals surface area contributed by atoms with Crippen molar-refractivity contribution >= 4 is 22.6 Å². The van der Waals surface area contributed by atoms with Gasteiger partial charge in [-0.1, -0.05) is 0 Å². The summed E-state index contributed by atoms with van der Waals surface area (Å²) in [7, 11) is 1.63. The van der Waals surface area contributed by atoms with Crippen molar-refractivity contribution in [1.82, 2.24) is 25.2 Å². The normalized spacial score (nSPS) is 19.4. The van der Waals surface area contributed by atoms with Crippen molar-refractivity contribution in [1.29, 1.82) is 5.26 Å². The maximum Gasteiger partial charge on any atom is 0.254 e. The zero-order valence-corrected chi connectivity index (χ0v) is 17.1. The minimum absolute atomic E-state index is 0.148. The lowest BCUT2D eigenvalue weighted by molar-refractivity contribution is 0.0963. The first-order valence-electron chi connectivity index (χ1n) is 10.1. The van der Waals surface area contributed by atoms with Gasteiger partial charge in [0.2, 0.25) is 0 Å². The van der Waals surface area contributed by atoms with Crippen molar-refractivity contribution in [3.8, 4) is 6.07 Å². The predicted molar refractivity (Wildman–Crippen MR) is 115 cm³/mol. The highest BCUT2D eigenvalue weighted by atomic mass is 16.1. The van der Waals surface area contributed by atoms with Crippen LogP contribution in [0.3, 0.4) is 0 Å². The summed E-state index contributed by atoms with van der Waals surface area (Å²) >= 11 is 0. The average Bonchev–Trinajstić information content (AvgIpc) is 3.25. The van der Waals surface area contributed by atoms with E-state index in [9.17, 15) is 4.79 Å². The lowest BCUT2D eigenvalue weighted by atomic mass is 9.97. The van der Waals surface area contributed by atoms with Gasteiger partial charge in [0.25, 0.3) is 5.91 Å². The summed E-state index contributed by atoms with van der Waals surface area (Å²) in [4.78, 5) is 26.6. The van der Waals surface area contributed by atoms with Gasteiger partial charge >= 0.3 is 0 Å². The Hall–Kier alpha value is -3.44. The number of amides is 1. The number of nitrogens with zero attached hydrogens (tertiary/aromatic N) is 4. The summed E-state index contributed by atoms with van der Waals surface area (Å²) in [5.41, 5.74) is 3.70. The molecule has 1 aliphatic rings. The van der Waals surface area contributed by atoms with Crippen LogP contribution in [0.5, 0.6) is 0 Å². The number of carbonyl (C=O) groups excluding carboxylic acids is 1. The number of piperidine rings is 1. The van der Waals surface area contributed by atoms with Gasteiger partial charge in [-0.2, -0.15) is 5.26 Å². The van der Waals surface area contributed by atoms with Crippen molar-refractivity contribution in [3.63, 3.8) is 0 Å². The molecule has 3 aromatic rings. The summed E-state index contributed by atoms with van der Waals surface area (Å²) in [6, 6.07) is 8.41. The summed E-state index contributed by atoms with van der Waals surface area (Å²) in [5, 5.41) is 16.2. The first-order chi connectivity index (χ1) is 14.6. The Labute approximate surface area is 175 Å². The number of anilines is 1. The van der Waals surface area contributed by atoms with Crippen molar-refractivity contribution in [2.45, 2.75) is 38.4 Å². The molecular formula is C22H25N7O. The van der Waals surface area contributed by atoms with E-state index in [0.29, 0.717) is 17.2 Å². The Bertz CT molecular complexity index is 1080. The number of carbonyl (C=O) groups is 1. The Morgan fingerprint density at radius 2 is 2.20 bits per heavy atom. The number of hydrogen-bond donors (Lipinski definition) is 3. The Kier molecular flexibility index (Phi) is 5.63. The van der Waals surface area contributed by atoms with E-state index in [1.54, 1.807) is 19.4 Å².